The highest BCUT2D eigenvalue weighted by Crippen LogP contribution is 2.13. The van der Waals surface area contributed by atoms with E-state index in [0.717, 1.165) is 27.7 Å². The molecule has 2 heterocycles. The smallest absolute Gasteiger partial charge is 0.246 e. The van der Waals surface area contributed by atoms with Gasteiger partial charge in [0.25, 0.3) is 0 Å². The van der Waals surface area contributed by atoms with Crippen LogP contribution in [0.5, 0.6) is 0 Å². The summed E-state index contributed by atoms with van der Waals surface area (Å²) in [5.41, 5.74) is 7.50. The molecule has 26 heavy (non-hydrogen) atoms. The van der Waals surface area contributed by atoms with E-state index in [2.05, 4.69) is 32.7 Å². The van der Waals surface area contributed by atoms with E-state index in [1.807, 2.05) is 49.0 Å². The minimum atomic E-state index is -0.178. The fourth-order valence-electron chi connectivity index (χ4n) is 2.64. The molecule has 0 bridgehead atoms. The summed E-state index contributed by atoms with van der Waals surface area (Å²) >= 11 is 1.48. The Hall–Kier alpha value is -2.80. The monoisotopic (exact) mass is 367 g/mol. The van der Waals surface area contributed by atoms with Gasteiger partial charge < -0.3 is 0 Å². The third-order valence-electron chi connectivity index (χ3n) is 3.97. The molecule has 0 saturated carbocycles. The minimum absolute atomic E-state index is 0.178. The van der Waals surface area contributed by atoms with Crippen LogP contribution in [0.2, 0.25) is 0 Å². The van der Waals surface area contributed by atoms with Gasteiger partial charge in [-0.1, -0.05) is 30.3 Å². The lowest BCUT2D eigenvalue weighted by Crippen LogP contribution is -2.19. The Balaban J connectivity index is 1.64. The van der Waals surface area contributed by atoms with Crippen molar-refractivity contribution in [1.29, 1.82) is 0 Å². The van der Waals surface area contributed by atoms with Crippen LogP contribution in [0.1, 0.15) is 33.2 Å². The molecule has 3 aromatic rings. The first-order chi connectivity index (χ1) is 12.5. The van der Waals surface area contributed by atoms with Crippen molar-refractivity contribution in [1.82, 2.24) is 20.2 Å². The second-order valence-electron chi connectivity index (χ2n) is 6.08. The summed E-state index contributed by atoms with van der Waals surface area (Å²) in [5.74, 6) is -0.178. The highest BCUT2D eigenvalue weighted by molar-refractivity contribution is 7.09. The van der Waals surface area contributed by atoms with Gasteiger partial charge in [0.1, 0.15) is 5.01 Å². The molecule has 2 aromatic heterocycles. The molecule has 0 radical (unpaired) electrons. The number of rotatable bonds is 6. The molecule has 1 N–H and O–H groups in total. The number of hydrogen-bond donors (Lipinski definition) is 1. The normalized spacial score (nSPS) is 11.2. The summed E-state index contributed by atoms with van der Waals surface area (Å²) in [4.78, 5) is 16.2. The zero-order valence-corrected chi connectivity index (χ0v) is 15.9. The molecule has 0 unspecified atom stereocenters. The van der Waals surface area contributed by atoms with Crippen molar-refractivity contribution in [2.45, 2.75) is 33.7 Å². The number of carbonyl (C=O) groups is 1. The lowest BCUT2D eigenvalue weighted by molar-refractivity contribution is -0.120. The number of nitrogens with one attached hydrogen (secondary N) is 1. The van der Waals surface area contributed by atoms with Crippen molar-refractivity contribution in [3.8, 4) is 0 Å². The van der Waals surface area contributed by atoms with E-state index in [0.29, 0.717) is 6.54 Å². The van der Waals surface area contributed by atoms with Crippen molar-refractivity contribution in [2.24, 2.45) is 5.10 Å². The number of benzene rings is 1. The van der Waals surface area contributed by atoms with Crippen molar-refractivity contribution in [3.05, 3.63) is 68.9 Å². The first-order valence-corrected chi connectivity index (χ1v) is 9.21. The van der Waals surface area contributed by atoms with E-state index < -0.39 is 0 Å². The summed E-state index contributed by atoms with van der Waals surface area (Å²) in [5, 5.41) is 11.4. The molecule has 134 valence electrons. The second-order valence-corrected chi connectivity index (χ2v) is 7.02. The third kappa shape index (κ3) is 4.43. The minimum Gasteiger partial charge on any atom is -0.273 e. The van der Waals surface area contributed by atoms with Gasteiger partial charge in [-0.05, 0) is 26.3 Å². The van der Waals surface area contributed by atoms with E-state index >= 15 is 0 Å². The fourth-order valence-corrected chi connectivity index (χ4v) is 3.41. The van der Waals surface area contributed by atoms with Gasteiger partial charge in [0.2, 0.25) is 5.91 Å². The molecule has 0 aliphatic carbocycles. The van der Waals surface area contributed by atoms with Gasteiger partial charge in [0.05, 0.1) is 24.9 Å². The molecule has 7 heteroatoms. The van der Waals surface area contributed by atoms with Crippen LogP contribution in [0.25, 0.3) is 0 Å². The molecule has 0 aliphatic heterocycles. The molecule has 0 aliphatic rings. The average molecular weight is 367 g/mol. The average Bonchev–Trinajstić information content (AvgIpc) is 3.13. The molecule has 0 atom stereocenters. The van der Waals surface area contributed by atoms with Crippen LogP contribution in [0.15, 0.2) is 40.8 Å². The zero-order chi connectivity index (χ0) is 18.5. The maximum Gasteiger partial charge on any atom is 0.246 e. The predicted molar refractivity (Wildman–Crippen MR) is 104 cm³/mol. The molecule has 0 spiro atoms. The van der Waals surface area contributed by atoms with Crippen molar-refractivity contribution >= 4 is 23.5 Å². The van der Waals surface area contributed by atoms with Gasteiger partial charge in [-0.3, -0.25) is 9.48 Å². The van der Waals surface area contributed by atoms with Crippen LogP contribution in [-0.4, -0.2) is 26.9 Å². The Labute approximate surface area is 156 Å². The van der Waals surface area contributed by atoms with Gasteiger partial charge in [0.15, 0.2) is 0 Å². The van der Waals surface area contributed by atoms with Crippen LogP contribution >= 0.6 is 11.3 Å². The van der Waals surface area contributed by atoms with Gasteiger partial charge in [-0.2, -0.15) is 10.2 Å². The number of hydrogen-bond acceptors (Lipinski definition) is 5. The first-order valence-electron chi connectivity index (χ1n) is 8.34. The van der Waals surface area contributed by atoms with Gasteiger partial charge >= 0.3 is 0 Å². The van der Waals surface area contributed by atoms with Gasteiger partial charge in [-0.25, -0.2) is 10.4 Å². The summed E-state index contributed by atoms with van der Waals surface area (Å²) in [6.45, 7) is 6.56. The summed E-state index contributed by atoms with van der Waals surface area (Å²) in [6.07, 6.45) is 1.89. The first kappa shape index (κ1) is 18.0. The molecule has 3 rings (SSSR count). The Bertz CT molecular complexity index is 927. The fraction of sp³-hybridized carbons (Fsp3) is 0.263. The topological polar surface area (TPSA) is 72.2 Å². The summed E-state index contributed by atoms with van der Waals surface area (Å²) in [6, 6.07) is 10.2. The molecule has 0 fully saturated rings. The highest BCUT2D eigenvalue weighted by atomic mass is 32.1. The molecule has 0 saturated heterocycles. The largest absolute Gasteiger partial charge is 0.273 e. The molecule has 1 amide bonds. The van der Waals surface area contributed by atoms with E-state index in [4.69, 9.17) is 0 Å². The quantitative estimate of drug-likeness (QED) is 0.538. The predicted octanol–water partition coefficient (Wildman–Crippen LogP) is 3.01. The molecule has 6 nitrogen and oxygen atoms in total. The van der Waals surface area contributed by atoms with E-state index in [-0.39, 0.29) is 12.3 Å². The van der Waals surface area contributed by atoms with Crippen LogP contribution in [0, 0.1) is 20.8 Å². The highest BCUT2D eigenvalue weighted by Gasteiger charge is 2.10. The zero-order valence-electron chi connectivity index (χ0n) is 15.1. The second kappa shape index (κ2) is 8.05. The lowest BCUT2D eigenvalue weighted by atomic mass is 10.2. The lowest BCUT2D eigenvalue weighted by Gasteiger charge is -2.04. The maximum atomic E-state index is 11.9. The Morgan fingerprint density at radius 3 is 2.73 bits per heavy atom. The van der Waals surface area contributed by atoms with E-state index in [1.54, 1.807) is 6.21 Å². The number of thiazole rings is 1. The van der Waals surface area contributed by atoms with E-state index in [1.165, 1.54) is 16.9 Å². The van der Waals surface area contributed by atoms with Crippen molar-refractivity contribution < 1.29 is 4.79 Å². The van der Waals surface area contributed by atoms with Crippen molar-refractivity contribution in [3.63, 3.8) is 0 Å². The Kier molecular flexibility index (Phi) is 5.58. The molecular formula is C19H21N5OS. The maximum absolute atomic E-state index is 11.9. The van der Waals surface area contributed by atoms with Crippen LogP contribution in [0.3, 0.4) is 0 Å². The number of amides is 1. The Morgan fingerprint density at radius 2 is 2.04 bits per heavy atom. The number of nitrogens with zero attached hydrogens (tertiary/aromatic N) is 4. The van der Waals surface area contributed by atoms with Crippen LogP contribution < -0.4 is 5.43 Å². The molecule has 1 aromatic carbocycles. The van der Waals surface area contributed by atoms with Crippen LogP contribution in [0.4, 0.5) is 0 Å². The molecular weight excluding hydrogens is 346 g/mol. The van der Waals surface area contributed by atoms with Gasteiger partial charge in [-0.15, -0.1) is 11.3 Å². The number of aryl methyl sites for hydroxylation is 2. The summed E-state index contributed by atoms with van der Waals surface area (Å²) < 4.78 is 1.95. The van der Waals surface area contributed by atoms with E-state index in [9.17, 15) is 4.79 Å². The number of aromatic nitrogens is 3. The third-order valence-corrected chi connectivity index (χ3v) is 4.94. The van der Waals surface area contributed by atoms with Crippen molar-refractivity contribution in [2.75, 3.05) is 0 Å². The summed E-state index contributed by atoms with van der Waals surface area (Å²) in [7, 11) is 0. The van der Waals surface area contributed by atoms with Crippen LogP contribution in [-0.2, 0) is 17.8 Å². The number of carbonyl (C=O) groups excluding carboxylic acids is 1. The standard InChI is InChI=1S/C19H21N5OS/c1-13-12-26-19(21-13)9-18(25)22-20-10-17-14(2)23-24(15(17)3)11-16-7-5-4-6-8-16/h4-8,10,12H,9,11H2,1-3H3,(H,22,25)/b20-10-. The van der Waals surface area contributed by atoms with Gasteiger partial charge in [0, 0.05) is 22.3 Å². The number of hydrazone groups is 1. The Morgan fingerprint density at radius 1 is 1.27 bits per heavy atom. The SMILES string of the molecule is Cc1csc(CC(=O)N/N=C\c2c(C)nn(Cc3ccccc3)c2C)n1.